The highest BCUT2D eigenvalue weighted by molar-refractivity contribution is 5.55. The van der Waals surface area contributed by atoms with Crippen LogP contribution in [0.5, 0.6) is 11.5 Å². The van der Waals surface area contributed by atoms with Gasteiger partial charge >= 0.3 is 0 Å². The third kappa shape index (κ3) is 4.28. The first-order valence-corrected chi connectivity index (χ1v) is 6.93. The quantitative estimate of drug-likeness (QED) is 0.817. The van der Waals surface area contributed by atoms with E-state index in [4.69, 9.17) is 9.47 Å². The fraction of sp³-hybridized carbons (Fsp3) is 0.500. The van der Waals surface area contributed by atoms with E-state index >= 15 is 0 Å². The second kappa shape index (κ2) is 6.62. The molecule has 0 radical (unpaired) electrons. The van der Waals surface area contributed by atoms with Crippen LogP contribution in [0.4, 0.5) is 0 Å². The Hall–Kier alpha value is -1.48. The van der Waals surface area contributed by atoms with Gasteiger partial charge < -0.3 is 14.8 Å². The van der Waals surface area contributed by atoms with Gasteiger partial charge in [-0.1, -0.05) is 18.2 Å². The van der Waals surface area contributed by atoms with E-state index < -0.39 is 0 Å². The number of methoxy groups -OCH3 is 1. The summed E-state index contributed by atoms with van der Waals surface area (Å²) in [6.07, 6.45) is 6.80. The summed E-state index contributed by atoms with van der Waals surface area (Å²) in [6, 6.07) is 6.72. The average Bonchev–Trinajstić information content (AvgIpc) is 3.22. The molecule has 0 bridgehead atoms. The van der Waals surface area contributed by atoms with Crippen molar-refractivity contribution in [3.05, 3.63) is 29.8 Å². The van der Waals surface area contributed by atoms with Crippen LogP contribution >= 0.6 is 0 Å². The van der Waals surface area contributed by atoms with Crippen molar-refractivity contribution >= 4 is 6.08 Å². The molecular formula is C16H23NO2. The molecule has 0 amide bonds. The first kappa shape index (κ1) is 13.9. The van der Waals surface area contributed by atoms with Crippen molar-refractivity contribution in [3.8, 4) is 11.5 Å². The number of nitrogens with one attached hydrogen (secondary N) is 1. The van der Waals surface area contributed by atoms with Crippen LogP contribution in [0.2, 0.25) is 0 Å². The van der Waals surface area contributed by atoms with E-state index in [-0.39, 0.29) is 6.10 Å². The maximum atomic E-state index is 5.94. The SMILES string of the molecule is C/C=C/c1ccc(OC(C)CNC2CC2)c(OC)c1. The Balaban J connectivity index is 1.97. The molecule has 0 aliphatic heterocycles. The van der Waals surface area contributed by atoms with Gasteiger partial charge in [0.2, 0.25) is 0 Å². The molecule has 1 N–H and O–H groups in total. The topological polar surface area (TPSA) is 30.5 Å². The van der Waals surface area contributed by atoms with Crippen LogP contribution < -0.4 is 14.8 Å². The minimum absolute atomic E-state index is 0.141. The highest BCUT2D eigenvalue weighted by atomic mass is 16.5. The standard InChI is InChI=1S/C16H23NO2/c1-4-5-13-6-9-15(16(10-13)18-3)19-12(2)11-17-14-7-8-14/h4-6,9-10,12,14,17H,7-8,11H2,1-3H3/b5-4+. The van der Waals surface area contributed by atoms with E-state index in [0.717, 1.165) is 23.6 Å². The number of rotatable bonds is 7. The van der Waals surface area contributed by atoms with Crippen LogP contribution in [0.1, 0.15) is 32.3 Å². The van der Waals surface area contributed by atoms with Gasteiger partial charge in [0.15, 0.2) is 11.5 Å². The van der Waals surface area contributed by atoms with Crippen molar-refractivity contribution < 1.29 is 9.47 Å². The van der Waals surface area contributed by atoms with Crippen LogP contribution in [-0.2, 0) is 0 Å². The van der Waals surface area contributed by atoms with Crippen molar-refractivity contribution in [1.29, 1.82) is 0 Å². The first-order valence-electron chi connectivity index (χ1n) is 6.93. The van der Waals surface area contributed by atoms with Gasteiger partial charge in [-0.2, -0.15) is 0 Å². The van der Waals surface area contributed by atoms with E-state index in [9.17, 15) is 0 Å². The number of allylic oxidation sites excluding steroid dienone is 1. The molecule has 1 aliphatic rings. The molecule has 3 nitrogen and oxygen atoms in total. The monoisotopic (exact) mass is 261 g/mol. The molecule has 1 saturated carbocycles. The molecule has 104 valence electrons. The van der Waals surface area contributed by atoms with Gasteiger partial charge in [-0.15, -0.1) is 0 Å². The number of ether oxygens (including phenoxy) is 2. The normalized spacial score (nSPS) is 16.6. The molecule has 3 heteroatoms. The maximum absolute atomic E-state index is 5.94. The fourth-order valence-electron chi connectivity index (χ4n) is 1.96. The van der Waals surface area contributed by atoms with E-state index in [1.165, 1.54) is 12.8 Å². The lowest BCUT2D eigenvalue weighted by Gasteiger charge is -2.17. The predicted molar refractivity (Wildman–Crippen MR) is 78.8 cm³/mol. The molecule has 0 saturated heterocycles. The summed E-state index contributed by atoms with van der Waals surface area (Å²) in [5.74, 6) is 1.59. The lowest BCUT2D eigenvalue weighted by molar-refractivity contribution is 0.207. The largest absolute Gasteiger partial charge is 0.493 e. The molecule has 0 aromatic heterocycles. The molecule has 1 aliphatic carbocycles. The Morgan fingerprint density at radius 3 is 2.79 bits per heavy atom. The zero-order valence-electron chi connectivity index (χ0n) is 12.0. The van der Waals surface area contributed by atoms with Crippen LogP contribution in [0.25, 0.3) is 6.08 Å². The van der Waals surface area contributed by atoms with Gasteiger partial charge in [0.25, 0.3) is 0 Å². The molecule has 1 fully saturated rings. The van der Waals surface area contributed by atoms with E-state index in [2.05, 4.69) is 12.2 Å². The number of hydrogen-bond donors (Lipinski definition) is 1. The average molecular weight is 261 g/mol. The smallest absolute Gasteiger partial charge is 0.161 e. The summed E-state index contributed by atoms with van der Waals surface area (Å²) in [4.78, 5) is 0. The van der Waals surface area contributed by atoms with Gasteiger partial charge in [0.05, 0.1) is 7.11 Å². The Labute approximate surface area is 115 Å². The van der Waals surface area contributed by atoms with Crippen molar-refractivity contribution in [3.63, 3.8) is 0 Å². The molecule has 19 heavy (non-hydrogen) atoms. The lowest BCUT2D eigenvalue weighted by atomic mass is 10.2. The summed E-state index contributed by atoms with van der Waals surface area (Å²) in [5, 5.41) is 3.47. The van der Waals surface area contributed by atoms with E-state index in [1.807, 2.05) is 37.3 Å². The van der Waals surface area contributed by atoms with Gasteiger partial charge in [0, 0.05) is 12.6 Å². The molecule has 1 atom stereocenters. The Bertz CT molecular complexity index is 438. The minimum atomic E-state index is 0.141. The Morgan fingerprint density at radius 2 is 2.16 bits per heavy atom. The molecule has 0 spiro atoms. The highest BCUT2D eigenvalue weighted by Crippen LogP contribution is 2.29. The summed E-state index contributed by atoms with van der Waals surface area (Å²) in [7, 11) is 1.68. The van der Waals surface area contributed by atoms with Crippen molar-refractivity contribution in [2.45, 2.75) is 38.8 Å². The lowest BCUT2D eigenvalue weighted by Crippen LogP contribution is -2.30. The highest BCUT2D eigenvalue weighted by Gasteiger charge is 2.21. The number of hydrogen-bond acceptors (Lipinski definition) is 3. The molecule has 1 aromatic carbocycles. The summed E-state index contributed by atoms with van der Waals surface area (Å²) in [6.45, 7) is 4.96. The fourth-order valence-corrected chi connectivity index (χ4v) is 1.96. The van der Waals surface area contributed by atoms with Crippen LogP contribution in [0.3, 0.4) is 0 Å². The predicted octanol–water partition coefficient (Wildman–Crippen LogP) is 3.25. The third-order valence-electron chi connectivity index (χ3n) is 3.15. The van der Waals surface area contributed by atoms with Crippen LogP contribution in [0.15, 0.2) is 24.3 Å². The summed E-state index contributed by atoms with van der Waals surface area (Å²) >= 11 is 0. The van der Waals surface area contributed by atoms with Crippen LogP contribution in [-0.4, -0.2) is 25.8 Å². The zero-order valence-corrected chi connectivity index (χ0v) is 12.0. The zero-order chi connectivity index (χ0) is 13.7. The Morgan fingerprint density at radius 1 is 1.37 bits per heavy atom. The third-order valence-corrected chi connectivity index (χ3v) is 3.15. The maximum Gasteiger partial charge on any atom is 0.161 e. The second-order valence-electron chi connectivity index (χ2n) is 5.02. The van der Waals surface area contributed by atoms with Gasteiger partial charge in [0.1, 0.15) is 6.10 Å². The molecule has 1 unspecified atom stereocenters. The molecular weight excluding hydrogens is 238 g/mol. The summed E-state index contributed by atoms with van der Waals surface area (Å²) < 4.78 is 11.3. The Kier molecular flexibility index (Phi) is 4.86. The summed E-state index contributed by atoms with van der Waals surface area (Å²) in [5.41, 5.74) is 1.12. The molecule has 1 aromatic rings. The van der Waals surface area contributed by atoms with E-state index in [0.29, 0.717) is 6.04 Å². The van der Waals surface area contributed by atoms with Gasteiger partial charge in [-0.25, -0.2) is 0 Å². The number of benzene rings is 1. The van der Waals surface area contributed by atoms with Gasteiger partial charge in [-0.05, 0) is 44.4 Å². The van der Waals surface area contributed by atoms with Crippen molar-refractivity contribution in [2.24, 2.45) is 0 Å². The van der Waals surface area contributed by atoms with Crippen LogP contribution in [0, 0.1) is 0 Å². The van der Waals surface area contributed by atoms with Crippen molar-refractivity contribution in [1.82, 2.24) is 5.32 Å². The van der Waals surface area contributed by atoms with E-state index in [1.54, 1.807) is 7.11 Å². The van der Waals surface area contributed by atoms with Crippen molar-refractivity contribution in [2.75, 3.05) is 13.7 Å². The second-order valence-corrected chi connectivity index (χ2v) is 5.02. The minimum Gasteiger partial charge on any atom is -0.493 e. The molecule has 2 rings (SSSR count). The molecule has 0 heterocycles. The van der Waals surface area contributed by atoms with Gasteiger partial charge in [-0.3, -0.25) is 0 Å². The first-order chi connectivity index (χ1) is 9.22.